The van der Waals surface area contributed by atoms with Crippen LogP contribution < -0.4 is 15.5 Å². The van der Waals surface area contributed by atoms with Gasteiger partial charge in [0.05, 0.1) is 46.5 Å². The Kier molecular flexibility index (Phi) is 14.5. The van der Waals surface area contributed by atoms with Gasteiger partial charge in [0.25, 0.3) is 17.5 Å². The predicted molar refractivity (Wildman–Crippen MR) is 258 cm³/mol. The number of nitrogens with zero attached hydrogens (tertiary/aromatic N) is 2. The van der Waals surface area contributed by atoms with Crippen LogP contribution in [0.3, 0.4) is 0 Å². The summed E-state index contributed by atoms with van der Waals surface area (Å²) in [6.07, 6.45) is 0.799. The molecule has 2 aliphatic carbocycles. The van der Waals surface area contributed by atoms with Crippen LogP contribution in [0.4, 0.5) is 21.0 Å². The van der Waals surface area contributed by atoms with E-state index < -0.39 is 57.6 Å². The summed E-state index contributed by atoms with van der Waals surface area (Å²) >= 11 is 0. The SMILES string of the molecule is CCOC(=O)C1(c2ccc(NC(=O)OC(C)(C)C)c(C(=O)C(=O)N3Cc4ccccc4C3)c2)CC1.CCOC(=O)C1(c2ccc3c(c2)C(=O)C(=O)N3C(=O)OC(C)(C)C)CC1.c1ccc2c(c1)CNC2. The van der Waals surface area contributed by atoms with Gasteiger partial charge < -0.3 is 29.2 Å². The summed E-state index contributed by atoms with van der Waals surface area (Å²) in [5, 5.41) is 5.88. The van der Waals surface area contributed by atoms with Gasteiger partial charge in [-0.2, -0.15) is 0 Å². The van der Waals surface area contributed by atoms with Gasteiger partial charge in [0.1, 0.15) is 11.2 Å². The van der Waals surface area contributed by atoms with Crippen LogP contribution in [-0.2, 0) is 75.1 Å². The summed E-state index contributed by atoms with van der Waals surface area (Å²) < 4.78 is 20.9. The van der Waals surface area contributed by atoms with Crippen molar-refractivity contribution in [1.82, 2.24) is 10.2 Å². The Morgan fingerprint density at radius 1 is 0.643 bits per heavy atom. The first-order valence-electron chi connectivity index (χ1n) is 23.5. The molecule has 0 atom stereocenters. The molecule has 4 amide bonds. The molecule has 4 aromatic rings. The van der Waals surface area contributed by atoms with Gasteiger partial charge in [0.2, 0.25) is 0 Å². The topological polar surface area (TPSA) is 204 Å². The van der Waals surface area contributed by atoms with Gasteiger partial charge in [-0.1, -0.05) is 60.7 Å². The molecule has 9 rings (SSSR count). The molecule has 5 aliphatic rings. The van der Waals surface area contributed by atoms with Crippen molar-refractivity contribution in [3.05, 3.63) is 129 Å². The predicted octanol–water partition coefficient (Wildman–Crippen LogP) is 8.39. The standard InChI is InChI=1S/C27H30N2O6.C19H21NO6.C8H9N/c1-5-34-24(32)27(12-13-27)19-10-11-21(28-25(33)35-26(2,3)4)20(14-19)22(30)23(31)29-15-17-8-6-7-9-18(17)16-29;1-5-25-16(23)19(8-9-19)11-6-7-13-12(10-11)14(21)15(22)20(13)17(24)26-18(2,3)4;1-2-4-8-6-9-5-7(8)3-1/h6-11,14H,5,12-13,15-16H2,1-4H3,(H,28,33);6-7,10H,5,8-9H2,1-4H3;1-4,9H,5-6H2. The number of fused-ring (bicyclic) bond motifs is 3. The number of benzene rings is 4. The second-order valence-electron chi connectivity index (χ2n) is 19.8. The first-order chi connectivity index (χ1) is 33.1. The number of rotatable bonds is 9. The first kappa shape index (κ1) is 50.7. The lowest BCUT2D eigenvalue weighted by molar-refractivity contribution is -0.147. The number of nitrogens with one attached hydrogen (secondary N) is 2. The zero-order valence-electron chi connectivity index (χ0n) is 40.9. The van der Waals surface area contributed by atoms with Crippen LogP contribution >= 0.6 is 0 Å². The summed E-state index contributed by atoms with van der Waals surface area (Å²) in [5.41, 5.74) is 3.44. The third kappa shape index (κ3) is 11.0. The van der Waals surface area contributed by atoms with Crippen molar-refractivity contribution in [2.24, 2.45) is 0 Å². The Balaban J connectivity index is 0.000000179. The second kappa shape index (κ2) is 20.0. The number of imide groups is 1. The van der Waals surface area contributed by atoms with E-state index in [4.69, 9.17) is 18.9 Å². The molecule has 368 valence electrons. The molecule has 16 heteroatoms. The van der Waals surface area contributed by atoms with Crippen LogP contribution in [0.5, 0.6) is 0 Å². The number of ether oxygens (including phenoxy) is 4. The molecule has 2 fully saturated rings. The van der Waals surface area contributed by atoms with Crippen molar-refractivity contribution < 1.29 is 57.3 Å². The molecule has 2 saturated carbocycles. The minimum atomic E-state index is -0.951. The molecule has 70 heavy (non-hydrogen) atoms. The maximum Gasteiger partial charge on any atom is 0.422 e. The van der Waals surface area contributed by atoms with Gasteiger partial charge in [-0.25, -0.2) is 14.5 Å². The average molecular weight is 957 g/mol. The normalized spacial score (nSPS) is 16.5. The number of hydrogen-bond acceptors (Lipinski definition) is 13. The number of carbonyl (C=O) groups excluding carboxylic acids is 8. The Morgan fingerprint density at radius 3 is 1.61 bits per heavy atom. The molecule has 0 unspecified atom stereocenters. The van der Waals surface area contributed by atoms with Crippen molar-refractivity contribution in [2.45, 2.75) is 129 Å². The maximum absolute atomic E-state index is 13.5. The summed E-state index contributed by atoms with van der Waals surface area (Å²) in [4.78, 5) is 103. The molecule has 4 aromatic carbocycles. The van der Waals surface area contributed by atoms with Crippen LogP contribution in [0.2, 0.25) is 0 Å². The lowest BCUT2D eigenvalue weighted by Crippen LogP contribution is -2.40. The van der Waals surface area contributed by atoms with Gasteiger partial charge in [-0.3, -0.25) is 34.1 Å². The Morgan fingerprint density at radius 2 is 1.13 bits per heavy atom. The fraction of sp³-hybridized carbons (Fsp3) is 0.407. The third-order valence-electron chi connectivity index (χ3n) is 12.4. The number of hydrogen-bond donors (Lipinski definition) is 2. The number of carbonyl (C=O) groups is 8. The number of anilines is 2. The van der Waals surface area contributed by atoms with Crippen molar-refractivity contribution in [1.29, 1.82) is 0 Å². The zero-order chi connectivity index (χ0) is 50.8. The van der Waals surface area contributed by atoms with Crippen LogP contribution in [0.25, 0.3) is 0 Å². The highest BCUT2D eigenvalue weighted by Gasteiger charge is 2.55. The van der Waals surface area contributed by atoms with Crippen LogP contribution in [-0.4, -0.2) is 76.8 Å². The van der Waals surface area contributed by atoms with Gasteiger partial charge in [-0.15, -0.1) is 0 Å². The largest absolute Gasteiger partial charge is 0.465 e. The van der Waals surface area contributed by atoms with Gasteiger partial charge in [0, 0.05) is 26.2 Å². The molecule has 0 spiro atoms. The highest BCUT2D eigenvalue weighted by atomic mass is 16.6. The van der Waals surface area contributed by atoms with E-state index in [0.29, 0.717) is 49.9 Å². The Labute approximate surface area is 407 Å². The summed E-state index contributed by atoms with van der Waals surface area (Å²) in [6.45, 7) is 17.0. The van der Waals surface area contributed by atoms with E-state index in [1.807, 2.05) is 24.3 Å². The molecule has 2 N–H and O–H groups in total. The smallest absolute Gasteiger partial charge is 0.422 e. The van der Waals surface area contributed by atoms with Crippen molar-refractivity contribution in [2.75, 3.05) is 23.4 Å². The van der Waals surface area contributed by atoms with E-state index in [9.17, 15) is 38.4 Å². The van der Waals surface area contributed by atoms with E-state index in [0.717, 1.165) is 29.1 Å². The number of Topliss-reactive ketones (excluding diaryl/α,β-unsaturated/α-hetero) is 2. The minimum Gasteiger partial charge on any atom is -0.465 e. The van der Waals surface area contributed by atoms with Gasteiger partial charge in [-0.05, 0) is 139 Å². The van der Waals surface area contributed by atoms with Gasteiger partial charge in [0.15, 0.2) is 0 Å². The Hall–Kier alpha value is -7.20. The first-order valence-corrected chi connectivity index (χ1v) is 23.5. The maximum atomic E-state index is 13.5. The van der Waals surface area contributed by atoms with E-state index in [1.165, 1.54) is 40.3 Å². The monoisotopic (exact) mass is 956 g/mol. The molecule has 0 saturated heterocycles. The number of ketones is 2. The zero-order valence-corrected chi connectivity index (χ0v) is 40.9. The van der Waals surface area contributed by atoms with Crippen molar-refractivity contribution in [3.63, 3.8) is 0 Å². The van der Waals surface area contributed by atoms with Crippen molar-refractivity contribution >= 4 is 58.9 Å². The fourth-order valence-electron chi connectivity index (χ4n) is 8.56. The van der Waals surface area contributed by atoms with Gasteiger partial charge >= 0.3 is 30.0 Å². The van der Waals surface area contributed by atoms with E-state index in [1.54, 1.807) is 67.5 Å². The highest BCUT2D eigenvalue weighted by molar-refractivity contribution is 6.56. The Bertz CT molecular complexity index is 2710. The van der Waals surface area contributed by atoms with Crippen LogP contribution in [0.15, 0.2) is 84.9 Å². The molecule has 0 radical (unpaired) electrons. The third-order valence-corrected chi connectivity index (χ3v) is 12.4. The molecular weight excluding hydrogens is 897 g/mol. The molecule has 0 aromatic heterocycles. The summed E-state index contributed by atoms with van der Waals surface area (Å²) in [5.74, 6) is -3.86. The van der Waals surface area contributed by atoms with Crippen LogP contribution in [0.1, 0.15) is 135 Å². The summed E-state index contributed by atoms with van der Waals surface area (Å²) in [6, 6.07) is 25.6. The lowest BCUT2D eigenvalue weighted by Gasteiger charge is -2.23. The van der Waals surface area contributed by atoms with E-state index >= 15 is 0 Å². The van der Waals surface area contributed by atoms with Crippen LogP contribution in [0, 0.1) is 0 Å². The van der Waals surface area contributed by atoms with E-state index in [2.05, 4.69) is 34.9 Å². The minimum absolute atomic E-state index is 0.0184. The second-order valence-corrected chi connectivity index (χ2v) is 19.8. The molecule has 3 aliphatic heterocycles. The number of esters is 2. The molecule has 3 heterocycles. The lowest BCUT2D eigenvalue weighted by atomic mass is 9.92. The quantitative estimate of drug-likeness (QED) is 0.0701. The van der Waals surface area contributed by atoms with Crippen molar-refractivity contribution in [3.8, 4) is 0 Å². The molecule has 16 nitrogen and oxygen atoms in total. The number of amides is 4. The molecule has 0 bridgehead atoms. The highest BCUT2D eigenvalue weighted by Crippen LogP contribution is 2.51. The van der Waals surface area contributed by atoms with E-state index in [-0.39, 0.29) is 47.7 Å². The molecular formula is C54H60N4O12. The average Bonchev–Trinajstić information content (AvgIpc) is 4.18. The summed E-state index contributed by atoms with van der Waals surface area (Å²) in [7, 11) is 0. The fourth-order valence-corrected chi connectivity index (χ4v) is 8.56.